The maximum Gasteiger partial charge on any atom is 0.164 e. The Labute approximate surface area is 102 Å². The third kappa shape index (κ3) is 3.89. The predicted octanol–water partition coefficient (Wildman–Crippen LogP) is 2.48. The van der Waals surface area contributed by atoms with E-state index >= 15 is 0 Å². The topological polar surface area (TPSA) is 52.1 Å². The fourth-order valence-electron chi connectivity index (χ4n) is 1.48. The van der Waals surface area contributed by atoms with Gasteiger partial charge in [0.15, 0.2) is 5.78 Å². The minimum Gasteiger partial charge on any atom is -0.379 e. The Morgan fingerprint density at radius 2 is 2.00 bits per heavy atom. The lowest BCUT2D eigenvalue weighted by Crippen LogP contribution is -2.23. The van der Waals surface area contributed by atoms with E-state index in [0.717, 1.165) is 5.69 Å². The highest BCUT2D eigenvalue weighted by Crippen LogP contribution is 2.18. The zero-order valence-electron chi connectivity index (χ0n) is 11.2. The van der Waals surface area contributed by atoms with E-state index in [9.17, 15) is 4.79 Å². The van der Waals surface area contributed by atoms with Crippen LogP contribution in [0.4, 0.5) is 0 Å². The van der Waals surface area contributed by atoms with Crippen LogP contribution in [0.3, 0.4) is 0 Å². The number of aryl methyl sites for hydroxylation is 2. The van der Waals surface area contributed by atoms with E-state index in [0.29, 0.717) is 24.1 Å². The number of carbonyl (C=O) groups is 1. The van der Waals surface area contributed by atoms with Crippen LogP contribution in [-0.4, -0.2) is 28.7 Å². The van der Waals surface area contributed by atoms with Crippen LogP contribution in [0, 0.1) is 13.8 Å². The second-order valence-corrected chi connectivity index (χ2v) is 4.87. The molecule has 0 aliphatic heterocycles. The highest BCUT2D eigenvalue weighted by atomic mass is 16.5. The number of ketones is 1. The van der Waals surface area contributed by atoms with Crippen LogP contribution in [0.2, 0.25) is 0 Å². The number of hydrogen-bond donors (Lipinski definition) is 0. The number of ether oxygens (including phenoxy) is 1. The Morgan fingerprint density at radius 1 is 1.35 bits per heavy atom. The second kappa shape index (κ2) is 5.36. The number of carbonyl (C=O) groups excluding carboxylic acids is 1. The van der Waals surface area contributed by atoms with Crippen molar-refractivity contribution in [2.45, 2.75) is 46.1 Å². The van der Waals surface area contributed by atoms with Gasteiger partial charge in [-0.3, -0.25) is 4.79 Å². The van der Waals surface area contributed by atoms with Crippen molar-refractivity contribution in [3.63, 3.8) is 0 Å². The molecule has 0 aliphatic carbocycles. The van der Waals surface area contributed by atoms with Crippen LogP contribution >= 0.6 is 0 Å². The van der Waals surface area contributed by atoms with Gasteiger partial charge in [0.2, 0.25) is 0 Å². The molecule has 0 saturated carbocycles. The third-order valence-corrected chi connectivity index (χ3v) is 2.91. The average Bonchev–Trinajstić information content (AvgIpc) is 2.29. The summed E-state index contributed by atoms with van der Waals surface area (Å²) in [6.45, 7) is 7.59. The van der Waals surface area contributed by atoms with Gasteiger partial charge in [-0.25, -0.2) is 0 Å². The number of Topliss-reactive ketones (excluding diaryl/α,β-unsaturated/α-hetero) is 1. The maximum atomic E-state index is 12.1. The summed E-state index contributed by atoms with van der Waals surface area (Å²) in [5, 5.41) is 7.88. The van der Waals surface area contributed by atoms with Crippen LogP contribution in [0.5, 0.6) is 0 Å². The van der Waals surface area contributed by atoms with Gasteiger partial charge in [0, 0.05) is 19.1 Å². The monoisotopic (exact) mass is 236 g/mol. The Balaban J connectivity index is 2.74. The van der Waals surface area contributed by atoms with E-state index in [4.69, 9.17) is 4.74 Å². The van der Waals surface area contributed by atoms with Crippen molar-refractivity contribution in [2.75, 3.05) is 7.11 Å². The van der Waals surface area contributed by atoms with Crippen LogP contribution in [-0.2, 0) is 4.74 Å². The maximum absolute atomic E-state index is 12.1. The second-order valence-electron chi connectivity index (χ2n) is 4.87. The van der Waals surface area contributed by atoms with Crippen molar-refractivity contribution >= 4 is 5.78 Å². The molecule has 0 radical (unpaired) electrons. The average molecular weight is 236 g/mol. The molecule has 94 valence electrons. The number of methoxy groups -OCH3 is 1. The predicted molar refractivity (Wildman–Crippen MR) is 66.2 cm³/mol. The van der Waals surface area contributed by atoms with Gasteiger partial charge in [0.1, 0.15) is 0 Å². The molecular weight excluding hydrogens is 216 g/mol. The first-order chi connectivity index (χ1) is 7.85. The third-order valence-electron chi connectivity index (χ3n) is 2.91. The number of aromatic nitrogens is 2. The zero-order chi connectivity index (χ0) is 13.1. The Bertz CT molecular complexity index is 414. The normalized spacial score (nSPS) is 11.6. The molecule has 4 heteroatoms. The highest BCUT2D eigenvalue weighted by Gasteiger charge is 2.19. The van der Waals surface area contributed by atoms with Crippen LogP contribution < -0.4 is 0 Å². The molecule has 1 aromatic rings. The molecule has 0 bridgehead atoms. The van der Waals surface area contributed by atoms with E-state index in [1.54, 1.807) is 20.1 Å². The smallest absolute Gasteiger partial charge is 0.164 e. The molecule has 0 aromatic carbocycles. The van der Waals surface area contributed by atoms with Gasteiger partial charge in [-0.2, -0.15) is 10.2 Å². The summed E-state index contributed by atoms with van der Waals surface area (Å²) in [7, 11) is 1.66. The van der Waals surface area contributed by atoms with Crippen molar-refractivity contribution in [1.29, 1.82) is 0 Å². The molecule has 0 atom stereocenters. The molecule has 0 amide bonds. The van der Waals surface area contributed by atoms with Gasteiger partial charge in [-0.1, -0.05) is 0 Å². The molecule has 0 spiro atoms. The molecule has 0 N–H and O–H groups in total. The lowest BCUT2D eigenvalue weighted by molar-refractivity contribution is 0.0141. The molecule has 1 aromatic heterocycles. The van der Waals surface area contributed by atoms with Crippen molar-refractivity contribution in [1.82, 2.24) is 10.2 Å². The molecule has 0 fully saturated rings. The molecule has 4 nitrogen and oxygen atoms in total. The fraction of sp³-hybridized carbons (Fsp3) is 0.615. The van der Waals surface area contributed by atoms with Crippen molar-refractivity contribution in [3.8, 4) is 0 Å². The number of rotatable bonds is 5. The fourth-order valence-corrected chi connectivity index (χ4v) is 1.48. The first-order valence-corrected chi connectivity index (χ1v) is 5.75. The van der Waals surface area contributed by atoms with E-state index in [2.05, 4.69) is 10.2 Å². The first kappa shape index (κ1) is 13.8. The lowest BCUT2D eigenvalue weighted by atomic mass is 9.97. The summed E-state index contributed by atoms with van der Waals surface area (Å²) >= 11 is 0. The molecule has 0 unspecified atom stereocenters. The van der Waals surface area contributed by atoms with Crippen molar-refractivity contribution < 1.29 is 9.53 Å². The van der Waals surface area contributed by atoms with Crippen LogP contribution in [0.1, 0.15) is 48.4 Å². The Hall–Kier alpha value is -1.29. The van der Waals surface area contributed by atoms with Gasteiger partial charge < -0.3 is 4.74 Å². The largest absolute Gasteiger partial charge is 0.379 e. The zero-order valence-corrected chi connectivity index (χ0v) is 11.2. The Morgan fingerprint density at radius 3 is 2.59 bits per heavy atom. The van der Waals surface area contributed by atoms with Gasteiger partial charge >= 0.3 is 0 Å². The van der Waals surface area contributed by atoms with Gasteiger partial charge in [-0.05, 0) is 40.2 Å². The van der Waals surface area contributed by atoms with E-state index in [-0.39, 0.29) is 11.4 Å². The summed E-state index contributed by atoms with van der Waals surface area (Å²) < 4.78 is 5.30. The van der Waals surface area contributed by atoms with Gasteiger partial charge in [0.25, 0.3) is 0 Å². The summed E-state index contributed by atoms with van der Waals surface area (Å²) in [6, 6.07) is 1.80. The van der Waals surface area contributed by atoms with Crippen LogP contribution in [0.15, 0.2) is 6.07 Å². The SMILES string of the molecule is COC(C)(C)CCC(=O)c1cc(C)nnc1C. The van der Waals surface area contributed by atoms with E-state index in [1.165, 1.54) is 0 Å². The number of nitrogens with zero attached hydrogens (tertiary/aromatic N) is 2. The standard InChI is InChI=1S/C13H20N2O2/c1-9-8-11(10(2)15-14-9)12(16)6-7-13(3,4)17-5/h8H,6-7H2,1-5H3. The molecule has 1 rings (SSSR count). The summed E-state index contributed by atoms with van der Waals surface area (Å²) in [5.41, 5.74) is 1.86. The summed E-state index contributed by atoms with van der Waals surface area (Å²) in [6.07, 6.45) is 1.16. The Kier molecular flexibility index (Phi) is 4.34. The minimum absolute atomic E-state index is 0.102. The molecule has 1 heterocycles. The molecule has 0 aliphatic rings. The van der Waals surface area contributed by atoms with E-state index in [1.807, 2.05) is 20.8 Å². The first-order valence-electron chi connectivity index (χ1n) is 5.75. The molecular formula is C13H20N2O2. The molecule has 0 saturated heterocycles. The minimum atomic E-state index is -0.265. The lowest BCUT2D eigenvalue weighted by Gasteiger charge is -2.22. The van der Waals surface area contributed by atoms with E-state index < -0.39 is 0 Å². The number of hydrogen-bond acceptors (Lipinski definition) is 4. The highest BCUT2D eigenvalue weighted by molar-refractivity contribution is 5.97. The summed E-state index contributed by atoms with van der Waals surface area (Å²) in [5.74, 6) is 0.102. The van der Waals surface area contributed by atoms with Crippen LogP contribution in [0.25, 0.3) is 0 Å². The van der Waals surface area contributed by atoms with Crippen molar-refractivity contribution in [3.05, 3.63) is 23.0 Å². The quantitative estimate of drug-likeness (QED) is 0.737. The summed E-state index contributed by atoms with van der Waals surface area (Å²) in [4.78, 5) is 12.1. The van der Waals surface area contributed by atoms with Crippen molar-refractivity contribution in [2.24, 2.45) is 0 Å². The molecule has 17 heavy (non-hydrogen) atoms. The van der Waals surface area contributed by atoms with Gasteiger partial charge in [-0.15, -0.1) is 0 Å². The van der Waals surface area contributed by atoms with Gasteiger partial charge in [0.05, 0.1) is 17.0 Å².